The number of hydrogen-bond donors (Lipinski definition) is 1. The summed E-state index contributed by atoms with van der Waals surface area (Å²) >= 11 is 0. The van der Waals surface area contributed by atoms with Crippen LogP contribution in [0.25, 0.3) is 11.0 Å². The van der Waals surface area contributed by atoms with Crippen LogP contribution in [0.1, 0.15) is 6.92 Å². The molecule has 0 aliphatic carbocycles. The van der Waals surface area contributed by atoms with Crippen molar-refractivity contribution in [3.63, 3.8) is 0 Å². The fourth-order valence-electron chi connectivity index (χ4n) is 2.20. The lowest BCUT2D eigenvalue weighted by atomic mass is 10.2. The number of nitrogens with one attached hydrogen (secondary N) is 1. The van der Waals surface area contributed by atoms with E-state index in [0.29, 0.717) is 11.3 Å². The highest BCUT2D eigenvalue weighted by Gasteiger charge is 2.24. The number of fused-ring (bicyclic) bond motifs is 1. The smallest absolute Gasteiger partial charge is 0.336 e. The zero-order valence-corrected chi connectivity index (χ0v) is 11.3. The van der Waals surface area contributed by atoms with Crippen molar-refractivity contribution in [1.29, 1.82) is 0 Å². The van der Waals surface area contributed by atoms with Gasteiger partial charge in [0.1, 0.15) is 5.58 Å². The number of carbonyl (C=O) groups excluding carboxylic acids is 2. The Labute approximate surface area is 119 Å². The molecule has 1 aromatic carbocycles. The van der Waals surface area contributed by atoms with Crippen molar-refractivity contribution in [2.45, 2.75) is 6.92 Å². The van der Waals surface area contributed by atoms with E-state index in [1.165, 1.54) is 19.1 Å². The molecule has 0 atom stereocenters. The summed E-state index contributed by atoms with van der Waals surface area (Å²) in [4.78, 5) is 35.1. The van der Waals surface area contributed by atoms with Gasteiger partial charge in [0, 0.05) is 35.8 Å². The first-order chi connectivity index (χ1) is 10.0. The monoisotopic (exact) mass is 284 g/mol. The molecule has 21 heavy (non-hydrogen) atoms. The van der Waals surface area contributed by atoms with Gasteiger partial charge in [0.25, 0.3) is 5.91 Å². The van der Waals surface area contributed by atoms with Crippen LogP contribution in [0.3, 0.4) is 0 Å². The van der Waals surface area contributed by atoms with Crippen LogP contribution in [0, 0.1) is 0 Å². The van der Waals surface area contributed by atoms with Crippen LogP contribution < -0.4 is 10.9 Å². The van der Waals surface area contributed by atoms with Crippen LogP contribution in [0.2, 0.25) is 0 Å². The highest BCUT2D eigenvalue weighted by molar-refractivity contribution is 6.03. The number of carbonyl (C=O) groups is 2. The third-order valence-electron chi connectivity index (χ3n) is 3.20. The van der Waals surface area contributed by atoms with Gasteiger partial charge in [-0.3, -0.25) is 14.5 Å². The molecule has 1 N–H and O–H groups in total. The van der Waals surface area contributed by atoms with Crippen molar-refractivity contribution >= 4 is 28.5 Å². The Hall–Kier alpha value is -2.89. The molecule has 0 spiro atoms. The molecule has 0 saturated carbocycles. The Balaban J connectivity index is 1.84. The first-order valence-electron chi connectivity index (χ1n) is 6.36. The van der Waals surface area contributed by atoms with E-state index in [1.54, 1.807) is 24.3 Å². The largest absolute Gasteiger partial charge is 0.423 e. The van der Waals surface area contributed by atoms with Gasteiger partial charge in [-0.25, -0.2) is 4.79 Å². The average molecular weight is 284 g/mol. The van der Waals surface area contributed by atoms with Crippen LogP contribution in [-0.2, 0) is 9.59 Å². The third-order valence-corrected chi connectivity index (χ3v) is 3.20. The normalized spacial score (nSPS) is 14.4. The summed E-state index contributed by atoms with van der Waals surface area (Å²) in [6.07, 6.45) is 1.40. The molecule has 0 bridgehead atoms. The molecule has 3 rings (SSSR count). The predicted octanol–water partition coefficient (Wildman–Crippen LogP) is 1.48. The number of anilines is 1. The molecular weight excluding hydrogens is 272 g/mol. The number of rotatable bonds is 2. The number of nitrogens with zero attached hydrogens (tertiary/aromatic N) is 1. The van der Waals surface area contributed by atoms with Crippen molar-refractivity contribution in [3.8, 4) is 0 Å². The molecular formula is C15H12N2O4. The van der Waals surface area contributed by atoms with Crippen LogP contribution in [-0.4, -0.2) is 23.3 Å². The molecule has 1 aliphatic heterocycles. The topological polar surface area (TPSA) is 79.6 Å². The lowest BCUT2D eigenvalue weighted by Gasteiger charge is -2.12. The molecule has 1 aliphatic rings. The van der Waals surface area contributed by atoms with Crippen molar-refractivity contribution in [3.05, 3.63) is 52.5 Å². The number of benzene rings is 1. The first-order valence-corrected chi connectivity index (χ1v) is 6.36. The van der Waals surface area contributed by atoms with Gasteiger partial charge in [0.2, 0.25) is 5.91 Å². The summed E-state index contributed by atoms with van der Waals surface area (Å²) in [7, 11) is 0. The number of imide groups is 1. The van der Waals surface area contributed by atoms with Crippen molar-refractivity contribution in [2.24, 2.45) is 0 Å². The second-order valence-corrected chi connectivity index (χ2v) is 4.75. The second-order valence-electron chi connectivity index (χ2n) is 4.75. The summed E-state index contributed by atoms with van der Waals surface area (Å²) < 4.78 is 5.05. The van der Waals surface area contributed by atoms with Gasteiger partial charge in [0.05, 0.1) is 6.54 Å². The average Bonchev–Trinajstić information content (AvgIpc) is 2.80. The van der Waals surface area contributed by atoms with Gasteiger partial charge in [-0.15, -0.1) is 0 Å². The van der Waals surface area contributed by atoms with E-state index in [4.69, 9.17) is 4.42 Å². The molecule has 0 fully saturated rings. The Morgan fingerprint density at radius 1 is 1.24 bits per heavy atom. The summed E-state index contributed by atoms with van der Waals surface area (Å²) in [6, 6.07) is 8.25. The van der Waals surface area contributed by atoms with Crippen molar-refractivity contribution < 1.29 is 14.0 Å². The zero-order chi connectivity index (χ0) is 15.0. The molecule has 0 unspecified atom stereocenters. The Bertz CT molecular complexity index is 835. The summed E-state index contributed by atoms with van der Waals surface area (Å²) in [5.41, 5.74) is 1.49. The van der Waals surface area contributed by atoms with Crippen LogP contribution >= 0.6 is 0 Å². The maximum absolute atomic E-state index is 11.6. The summed E-state index contributed by atoms with van der Waals surface area (Å²) in [5.74, 6) is -0.606. The maximum atomic E-state index is 11.6. The van der Waals surface area contributed by atoms with Crippen LogP contribution in [0.5, 0.6) is 0 Å². The van der Waals surface area contributed by atoms with Gasteiger partial charge < -0.3 is 9.73 Å². The standard InChI is InChI=1S/C15H12N2O4/c1-9(18)17-8-12(7-14(17)19)16-11-3-4-13-10(6-11)2-5-15(20)21-13/h2-7,16H,8H2,1H3. The molecule has 6 nitrogen and oxygen atoms in total. The van der Waals surface area contributed by atoms with Crippen LogP contribution in [0.15, 0.2) is 51.3 Å². The molecule has 0 radical (unpaired) electrons. The third kappa shape index (κ3) is 2.55. The molecule has 0 saturated heterocycles. The van der Waals surface area contributed by atoms with E-state index in [0.717, 1.165) is 16.0 Å². The Morgan fingerprint density at radius 2 is 2.05 bits per heavy atom. The highest BCUT2D eigenvalue weighted by atomic mass is 16.4. The molecule has 6 heteroatoms. The minimum atomic E-state index is -0.399. The fraction of sp³-hybridized carbons (Fsp3) is 0.133. The quantitative estimate of drug-likeness (QED) is 0.845. The minimum absolute atomic E-state index is 0.232. The fourth-order valence-corrected chi connectivity index (χ4v) is 2.20. The number of amides is 2. The van der Waals surface area contributed by atoms with E-state index in [2.05, 4.69) is 5.32 Å². The van der Waals surface area contributed by atoms with Gasteiger partial charge in [-0.1, -0.05) is 0 Å². The van der Waals surface area contributed by atoms with Crippen molar-refractivity contribution in [2.75, 3.05) is 11.9 Å². The highest BCUT2D eigenvalue weighted by Crippen LogP contribution is 2.20. The molecule has 106 valence electrons. The minimum Gasteiger partial charge on any atom is -0.423 e. The lowest BCUT2D eigenvalue weighted by Crippen LogP contribution is -2.31. The second kappa shape index (κ2) is 4.90. The van der Waals surface area contributed by atoms with E-state index in [-0.39, 0.29) is 18.4 Å². The molecule has 2 amide bonds. The van der Waals surface area contributed by atoms with Gasteiger partial charge >= 0.3 is 5.63 Å². The Morgan fingerprint density at radius 3 is 2.76 bits per heavy atom. The van der Waals surface area contributed by atoms with Gasteiger partial charge in [0.15, 0.2) is 0 Å². The van der Waals surface area contributed by atoms with Gasteiger partial charge in [-0.2, -0.15) is 0 Å². The zero-order valence-electron chi connectivity index (χ0n) is 11.3. The van der Waals surface area contributed by atoms with Gasteiger partial charge in [-0.05, 0) is 24.3 Å². The molecule has 1 aromatic heterocycles. The Kier molecular flexibility index (Phi) is 3.06. The lowest BCUT2D eigenvalue weighted by molar-refractivity contribution is -0.138. The SMILES string of the molecule is CC(=O)N1CC(Nc2ccc3oc(=O)ccc3c2)=CC1=O. The predicted molar refractivity (Wildman–Crippen MR) is 76.6 cm³/mol. The molecule has 2 heterocycles. The van der Waals surface area contributed by atoms with E-state index < -0.39 is 5.63 Å². The first kappa shape index (κ1) is 13.1. The van der Waals surface area contributed by atoms with Crippen molar-refractivity contribution in [1.82, 2.24) is 4.90 Å². The van der Waals surface area contributed by atoms with E-state index in [1.807, 2.05) is 0 Å². The summed E-state index contributed by atoms with van der Waals surface area (Å²) in [6.45, 7) is 1.59. The summed E-state index contributed by atoms with van der Waals surface area (Å²) in [5, 5.41) is 3.86. The molecule has 2 aromatic rings. The number of hydrogen-bond acceptors (Lipinski definition) is 5. The maximum Gasteiger partial charge on any atom is 0.336 e. The van der Waals surface area contributed by atoms with E-state index >= 15 is 0 Å². The van der Waals surface area contributed by atoms with E-state index in [9.17, 15) is 14.4 Å². The van der Waals surface area contributed by atoms with Crippen LogP contribution in [0.4, 0.5) is 5.69 Å².